The summed E-state index contributed by atoms with van der Waals surface area (Å²) in [6.45, 7) is -0.442. The average molecular weight is 391 g/mol. The number of thioether (sulfide) groups is 1. The first-order valence-corrected chi connectivity index (χ1v) is 9.17. The lowest BCUT2D eigenvalue weighted by molar-refractivity contribution is -0.119. The van der Waals surface area contributed by atoms with Crippen LogP contribution < -0.4 is 10.6 Å². The van der Waals surface area contributed by atoms with E-state index in [1.54, 1.807) is 54.2 Å². The minimum atomic E-state index is -0.648. The van der Waals surface area contributed by atoms with Crippen LogP contribution in [0.3, 0.4) is 0 Å². The number of ether oxygens (including phenoxy) is 1. The molecule has 0 saturated heterocycles. The van der Waals surface area contributed by atoms with Crippen molar-refractivity contribution in [3.05, 3.63) is 53.1 Å². The third kappa shape index (κ3) is 4.56. The van der Waals surface area contributed by atoms with Crippen LogP contribution in [0.2, 0.25) is 5.02 Å². The summed E-state index contributed by atoms with van der Waals surface area (Å²) in [6.07, 6.45) is 0.418. The van der Waals surface area contributed by atoms with Gasteiger partial charge in [-0.2, -0.15) is 0 Å². The molecule has 0 unspecified atom stereocenters. The molecule has 8 heteroatoms. The van der Waals surface area contributed by atoms with Crippen LogP contribution in [0.15, 0.2) is 47.4 Å². The van der Waals surface area contributed by atoms with Gasteiger partial charge in [0.25, 0.3) is 5.91 Å². The zero-order valence-corrected chi connectivity index (χ0v) is 15.2. The minimum Gasteiger partial charge on any atom is -0.452 e. The number of fused-ring (bicyclic) bond motifs is 1. The molecule has 0 bridgehead atoms. The van der Waals surface area contributed by atoms with Gasteiger partial charge in [-0.05, 0) is 30.3 Å². The highest BCUT2D eigenvalue weighted by atomic mass is 35.5. The average Bonchev–Trinajstić information content (AvgIpc) is 2.81. The Kier molecular flexibility index (Phi) is 5.80. The quantitative estimate of drug-likeness (QED) is 0.779. The largest absolute Gasteiger partial charge is 0.452 e. The smallest absolute Gasteiger partial charge is 0.338 e. The summed E-state index contributed by atoms with van der Waals surface area (Å²) in [7, 11) is 0. The molecule has 3 rings (SSSR count). The standard InChI is InChI=1S/C18H15ClN2O4S/c19-12-3-1-2-4-13(12)20-17(23)10-25-18(24)11-5-6-15-14(9-11)21-16(22)7-8-26-15/h1-6,9H,7-8,10H2,(H,20,23)(H,21,22). The lowest BCUT2D eigenvalue weighted by Crippen LogP contribution is -2.21. The molecule has 2 aromatic rings. The molecule has 1 aliphatic heterocycles. The number of rotatable bonds is 4. The Hall–Kier alpha value is -2.51. The maximum absolute atomic E-state index is 12.2. The van der Waals surface area contributed by atoms with Crippen molar-refractivity contribution in [3.63, 3.8) is 0 Å². The molecule has 0 radical (unpaired) electrons. The number of anilines is 2. The Morgan fingerprint density at radius 2 is 2.04 bits per heavy atom. The topological polar surface area (TPSA) is 84.5 Å². The van der Waals surface area contributed by atoms with Gasteiger partial charge in [-0.15, -0.1) is 11.8 Å². The van der Waals surface area contributed by atoms with E-state index in [9.17, 15) is 14.4 Å². The van der Waals surface area contributed by atoms with Gasteiger partial charge in [0.15, 0.2) is 6.61 Å². The van der Waals surface area contributed by atoms with Gasteiger partial charge < -0.3 is 15.4 Å². The number of carbonyl (C=O) groups is 3. The molecule has 134 valence electrons. The molecular formula is C18H15ClN2O4S. The zero-order chi connectivity index (χ0) is 18.5. The van der Waals surface area contributed by atoms with E-state index >= 15 is 0 Å². The molecular weight excluding hydrogens is 376 g/mol. The summed E-state index contributed by atoms with van der Waals surface area (Å²) in [4.78, 5) is 36.6. The van der Waals surface area contributed by atoms with Gasteiger partial charge in [0.05, 0.1) is 22.0 Å². The van der Waals surface area contributed by atoms with Crippen molar-refractivity contribution in [2.75, 3.05) is 23.0 Å². The molecule has 0 saturated carbocycles. The van der Waals surface area contributed by atoms with Crippen molar-refractivity contribution in [2.24, 2.45) is 0 Å². The number of para-hydroxylation sites is 1. The van der Waals surface area contributed by atoms with E-state index in [4.69, 9.17) is 16.3 Å². The first kappa shape index (κ1) is 18.3. The van der Waals surface area contributed by atoms with Gasteiger partial charge in [-0.1, -0.05) is 23.7 Å². The third-order valence-corrected chi connectivity index (χ3v) is 4.96. The summed E-state index contributed by atoms with van der Waals surface area (Å²) in [6, 6.07) is 11.7. The molecule has 1 heterocycles. The van der Waals surface area contributed by atoms with E-state index in [1.807, 2.05) is 0 Å². The highest BCUT2D eigenvalue weighted by molar-refractivity contribution is 7.99. The van der Waals surface area contributed by atoms with Crippen LogP contribution in [0.5, 0.6) is 0 Å². The summed E-state index contributed by atoms with van der Waals surface area (Å²) in [5, 5.41) is 5.73. The van der Waals surface area contributed by atoms with Crippen molar-refractivity contribution in [2.45, 2.75) is 11.3 Å². The zero-order valence-electron chi connectivity index (χ0n) is 13.6. The van der Waals surface area contributed by atoms with Crippen LogP contribution in [0, 0.1) is 0 Å². The fourth-order valence-corrected chi connectivity index (χ4v) is 3.43. The Morgan fingerprint density at radius 3 is 2.85 bits per heavy atom. The number of hydrogen-bond donors (Lipinski definition) is 2. The molecule has 2 amide bonds. The monoisotopic (exact) mass is 390 g/mol. The highest BCUT2D eigenvalue weighted by Crippen LogP contribution is 2.31. The summed E-state index contributed by atoms with van der Waals surface area (Å²) < 4.78 is 5.04. The van der Waals surface area contributed by atoms with Gasteiger partial charge >= 0.3 is 5.97 Å². The van der Waals surface area contributed by atoms with E-state index in [2.05, 4.69) is 10.6 Å². The summed E-state index contributed by atoms with van der Waals surface area (Å²) in [5.41, 5.74) is 1.28. The molecule has 26 heavy (non-hydrogen) atoms. The molecule has 2 aromatic carbocycles. The normalized spacial score (nSPS) is 13.2. The number of carbonyl (C=O) groups excluding carboxylic acids is 3. The molecule has 0 atom stereocenters. The van der Waals surface area contributed by atoms with Crippen molar-refractivity contribution in [1.29, 1.82) is 0 Å². The summed E-state index contributed by atoms with van der Waals surface area (Å²) in [5.74, 6) is -0.554. The Bertz CT molecular complexity index is 872. The van der Waals surface area contributed by atoms with Gasteiger partial charge in [-0.3, -0.25) is 9.59 Å². The van der Waals surface area contributed by atoms with E-state index in [1.165, 1.54) is 0 Å². The van der Waals surface area contributed by atoms with Crippen LogP contribution >= 0.6 is 23.4 Å². The molecule has 0 spiro atoms. The predicted molar refractivity (Wildman–Crippen MR) is 101 cm³/mol. The van der Waals surface area contributed by atoms with E-state index in [0.29, 0.717) is 28.6 Å². The predicted octanol–water partition coefficient (Wildman–Crippen LogP) is 3.57. The van der Waals surface area contributed by atoms with Crippen LogP contribution in [-0.2, 0) is 14.3 Å². The van der Waals surface area contributed by atoms with E-state index in [0.717, 1.165) is 4.90 Å². The number of nitrogens with one attached hydrogen (secondary N) is 2. The fraction of sp³-hybridized carbons (Fsp3) is 0.167. The second kappa shape index (κ2) is 8.25. The van der Waals surface area contributed by atoms with Crippen molar-refractivity contribution in [1.82, 2.24) is 0 Å². The number of amides is 2. The molecule has 2 N–H and O–H groups in total. The molecule has 0 aliphatic carbocycles. The van der Waals surface area contributed by atoms with Gasteiger partial charge in [-0.25, -0.2) is 4.79 Å². The summed E-state index contributed by atoms with van der Waals surface area (Å²) >= 11 is 7.50. The second-order valence-electron chi connectivity index (χ2n) is 5.46. The number of halogens is 1. The third-order valence-electron chi connectivity index (χ3n) is 3.56. The Balaban J connectivity index is 1.61. The van der Waals surface area contributed by atoms with Gasteiger partial charge in [0.2, 0.25) is 5.91 Å². The number of benzene rings is 2. The molecule has 6 nitrogen and oxygen atoms in total. The molecule has 0 aromatic heterocycles. The van der Waals surface area contributed by atoms with Gasteiger partial charge in [0, 0.05) is 17.1 Å². The van der Waals surface area contributed by atoms with Crippen molar-refractivity contribution in [3.8, 4) is 0 Å². The fourth-order valence-electron chi connectivity index (χ4n) is 2.31. The first-order valence-electron chi connectivity index (χ1n) is 7.81. The maximum Gasteiger partial charge on any atom is 0.338 e. The Morgan fingerprint density at radius 1 is 1.23 bits per heavy atom. The van der Waals surface area contributed by atoms with Gasteiger partial charge in [0.1, 0.15) is 0 Å². The van der Waals surface area contributed by atoms with E-state index in [-0.39, 0.29) is 11.5 Å². The van der Waals surface area contributed by atoms with Crippen molar-refractivity contribution >= 4 is 52.5 Å². The highest BCUT2D eigenvalue weighted by Gasteiger charge is 2.17. The Labute approximate surface area is 159 Å². The molecule has 0 fully saturated rings. The lowest BCUT2D eigenvalue weighted by atomic mass is 10.2. The number of hydrogen-bond acceptors (Lipinski definition) is 5. The second-order valence-corrected chi connectivity index (χ2v) is 7.01. The van der Waals surface area contributed by atoms with Crippen molar-refractivity contribution < 1.29 is 19.1 Å². The maximum atomic E-state index is 12.2. The molecule has 1 aliphatic rings. The number of esters is 1. The lowest BCUT2D eigenvalue weighted by Gasteiger charge is -2.10. The minimum absolute atomic E-state index is 0.0964. The SMILES string of the molecule is O=C(COC(=O)c1ccc2c(c1)NC(=O)CCS2)Nc1ccccc1Cl. The van der Waals surface area contributed by atoms with E-state index < -0.39 is 18.5 Å². The van der Waals surface area contributed by atoms with Crippen LogP contribution in [0.25, 0.3) is 0 Å². The van der Waals surface area contributed by atoms with Crippen LogP contribution in [-0.4, -0.2) is 30.1 Å². The van der Waals surface area contributed by atoms with Crippen LogP contribution in [0.1, 0.15) is 16.8 Å². The van der Waals surface area contributed by atoms with Crippen LogP contribution in [0.4, 0.5) is 11.4 Å². The first-order chi connectivity index (χ1) is 12.5.